The van der Waals surface area contributed by atoms with Gasteiger partial charge in [-0.15, -0.1) is 6.58 Å². The summed E-state index contributed by atoms with van der Waals surface area (Å²) < 4.78 is 18.3. The second kappa shape index (κ2) is 7.79. The zero-order chi connectivity index (χ0) is 15.1. The molecule has 0 saturated heterocycles. The SMILES string of the molecule is C=CCN(CC(=O)OCC)C(=O)c1cccc(F)c1Br. The highest BCUT2D eigenvalue weighted by molar-refractivity contribution is 9.10. The molecule has 0 heterocycles. The van der Waals surface area contributed by atoms with Crippen LogP contribution in [-0.4, -0.2) is 36.5 Å². The molecule has 0 bridgehead atoms. The van der Waals surface area contributed by atoms with Crippen molar-refractivity contribution in [2.75, 3.05) is 19.7 Å². The maximum atomic E-state index is 13.4. The van der Waals surface area contributed by atoms with E-state index in [9.17, 15) is 14.0 Å². The zero-order valence-corrected chi connectivity index (χ0v) is 12.7. The van der Waals surface area contributed by atoms with Crippen molar-refractivity contribution >= 4 is 27.8 Å². The minimum absolute atomic E-state index is 0.0721. The molecule has 20 heavy (non-hydrogen) atoms. The molecular weight excluding hydrogens is 329 g/mol. The van der Waals surface area contributed by atoms with Gasteiger partial charge in [0.05, 0.1) is 16.6 Å². The van der Waals surface area contributed by atoms with Crippen LogP contribution >= 0.6 is 15.9 Å². The number of benzene rings is 1. The second-order valence-corrected chi connectivity index (χ2v) is 4.67. The van der Waals surface area contributed by atoms with Crippen LogP contribution < -0.4 is 0 Å². The van der Waals surface area contributed by atoms with E-state index in [0.717, 1.165) is 0 Å². The van der Waals surface area contributed by atoms with Crippen LogP contribution in [0, 0.1) is 5.82 Å². The van der Waals surface area contributed by atoms with Gasteiger partial charge in [-0.1, -0.05) is 12.1 Å². The first-order valence-electron chi connectivity index (χ1n) is 6.01. The van der Waals surface area contributed by atoms with Crippen molar-refractivity contribution in [3.8, 4) is 0 Å². The molecule has 4 nitrogen and oxygen atoms in total. The van der Waals surface area contributed by atoms with Crippen molar-refractivity contribution in [3.05, 3.63) is 46.7 Å². The first kappa shape index (κ1) is 16.4. The first-order valence-corrected chi connectivity index (χ1v) is 6.80. The van der Waals surface area contributed by atoms with E-state index in [1.807, 2.05) is 0 Å². The van der Waals surface area contributed by atoms with Crippen molar-refractivity contribution in [3.63, 3.8) is 0 Å². The van der Waals surface area contributed by atoms with Crippen LogP contribution in [0.3, 0.4) is 0 Å². The van der Waals surface area contributed by atoms with Gasteiger partial charge in [-0.2, -0.15) is 0 Å². The molecule has 0 aliphatic heterocycles. The van der Waals surface area contributed by atoms with E-state index in [-0.39, 0.29) is 29.7 Å². The van der Waals surface area contributed by atoms with E-state index >= 15 is 0 Å². The summed E-state index contributed by atoms with van der Waals surface area (Å²) in [5, 5.41) is 0. The lowest BCUT2D eigenvalue weighted by Crippen LogP contribution is -2.36. The first-order chi connectivity index (χ1) is 9.51. The summed E-state index contributed by atoms with van der Waals surface area (Å²) in [4.78, 5) is 25.0. The Morgan fingerprint density at radius 1 is 1.50 bits per heavy atom. The third-order valence-electron chi connectivity index (χ3n) is 2.44. The smallest absolute Gasteiger partial charge is 0.325 e. The topological polar surface area (TPSA) is 46.6 Å². The predicted octanol–water partition coefficient (Wildman–Crippen LogP) is 2.78. The molecule has 0 atom stereocenters. The Labute approximate surface area is 125 Å². The van der Waals surface area contributed by atoms with Gasteiger partial charge in [0, 0.05) is 6.54 Å². The number of rotatable bonds is 6. The molecule has 0 spiro atoms. The number of halogens is 2. The third-order valence-corrected chi connectivity index (χ3v) is 3.25. The fourth-order valence-corrected chi connectivity index (χ4v) is 2.01. The molecular formula is C14H15BrFNO3. The average Bonchev–Trinajstić information content (AvgIpc) is 2.41. The van der Waals surface area contributed by atoms with E-state index in [0.29, 0.717) is 0 Å². The number of ether oxygens (including phenoxy) is 1. The summed E-state index contributed by atoms with van der Waals surface area (Å²) >= 11 is 3.03. The lowest BCUT2D eigenvalue weighted by atomic mass is 10.2. The predicted molar refractivity (Wildman–Crippen MR) is 76.8 cm³/mol. The van der Waals surface area contributed by atoms with Gasteiger partial charge < -0.3 is 9.64 Å². The van der Waals surface area contributed by atoms with Crippen LogP contribution in [0.1, 0.15) is 17.3 Å². The highest BCUT2D eigenvalue weighted by Gasteiger charge is 2.21. The van der Waals surface area contributed by atoms with Crippen molar-refractivity contribution in [1.82, 2.24) is 4.90 Å². The standard InChI is InChI=1S/C14H15BrFNO3/c1-3-8-17(9-12(18)20-4-2)14(19)10-6-5-7-11(16)13(10)15/h3,5-7H,1,4,8-9H2,2H3. The quantitative estimate of drug-likeness (QED) is 0.589. The minimum Gasteiger partial charge on any atom is -0.465 e. The van der Waals surface area contributed by atoms with Gasteiger partial charge in [0.2, 0.25) is 0 Å². The molecule has 6 heteroatoms. The number of carbonyl (C=O) groups excluding carboxylic acids is 2. The highest BCUT2D eigenvalue weighted by atomic mass is 79.9. The monoisotopic (exact) mass is 343 g/mol. The summed E-state index contributed by atoms with van der Waals surface area (Å²) in [5.74, 6) is -1.52. The van der Waals surface area contributed by atoms with E-state index < -0.39 is 17.7 Å². The fraction of sp³-hybridized carbons (Fsp3) is 0.286. The van der Waals surface area contributed by atoms with Crippen molar-refractivity contribution in [2.45, 2.75) is 6.92 Å². The Morgan fingerprint density at radius 2 is 2.20 bits per heavy atom. The molecule has 0 aromatic heterocycles. The second-order valence-electron chi connectivity index (χ2n) is 3.88. The number of hydrogen-bond donors (Lipinski definition) is 0. The van der Waals surface area contributed by atoms with Crippen LogP contribution in [0.25, 0.3) is 0 Å². The van der Waals surface area contributed by atoms with E-state index in [1.54, 1.807) is 6.92 Å². The lowest BCUT2D eigenvalue weighted by Gasteiger charge is -2.20. The van der Waals surface area contributed by atoms with Crippen LogP contribution in [0.5, 0.6) is 0 Å². The molecule has 1 rings (SSSR count). The van der Waals surface area contributed by atoms with Gasteiger partial charge in [0.1, 0.15) is 12.4 Å². The Bertz CT molecular complexity index is 519. The molecule has 1 aromatic carbocycles. The largest absolute Gasteiger partial charge is 0.465 e. The van der Waals surface area contributed by atoms with Gasteiger partial charge in [-0.3, -0.25) is 9.59 Å². The molecule has 0 saturated carbocycles. The normalized spacial score (nSPS) is 9.95. The van der Waals surface area contributed by atoms with Gasteiger partial charge >= 0.3 is 5.97 Å². The summed E-state index contributed by atoms with van der Waals surface area (Å²) in [6, 6.07) is 4.16. The van der Waals surface area contributed by atoms with Crippen molar-refractivity contribution in [1.29, 1.82) is 0 Å². The van der Waals surface area contributed by atoms with Crippen molar-refractivity contribution < 1.29 is 18.7 Å². The van der Waals surface area contributed by atoms with Gasteiger partial charge in [-0.05, 0) is 35.0 Å². The van der Waals surface area contributed by atoms with Crippen LogP contribution in [-0.2, 0) is 9.53 Å². The molecule has 0 aliphatic rings. The summed E-state index contributed by atoms with van der Waals surface area (Å²) in [6.45, 7) is 5.41. The molecule has 0 unspecified atom stereocenters. The van der Waals surface area contributed by atoms with Crippen LogP contribution in [0.2, 0.25) is 0 Å². The Balaban J connectivity index is 2.96. The van der Waals surface area contributed by atoms with Gasteiger partial charge in [0.15, 0.2) is 0 Å². The average molecular weight is 344 g/mol. The van der Waals surface area contributed by atoms with E-state index in [4.69, 9.17) is 4.74 Å². The highest BCUT2D eigenvalue weighted by Crippen LogP contribution is 2.21. The van der Waals surface area contributed by atoms with Crippen LogP contribution in [0.15, 0.2) is 35.3 Å². The Kier molecular flexibility index (Phi) is 6.38. The summed E-state index contributed by atoms with van der Waals surface area (Å²) in [6.07, 6.45) is 1.49. The number of nitrogens with zero attached hydrogens (tertiary/aromatic N) is 1. The Morgan fingerprint density at radius 3 is 2.80 bits per heavy atom. The number of esters is 1. The molecule has 0 fully saturated rings. The molecule has 108 valence electrons. The van der Waals surface area contributed by atoms with Crippen LogP contribution in [0.4, 0.5) is 4.39 Å². The van der Waals surface area contributed by atoms with Gasteiger partial charge in [0.25, 0.3) is 5.91 Å². The summed E-state index contributed by atoms with van der Waals surface area (Å²) in [5.41, 5.74) is 0.149. The Hall–Kier alpha value is -1.69. The molecule has 1 amide bonds. The summed E-state index contributed by atoms with van der Waals surface area (Å²) in [7, 11) is 0. The maximum Gasteiger partial charge on any atom is 0.325 e. The number of carbonyl (C=O) groups is 2. The molecule has 0 radical (unpaired) electrons. The molecule has 0 N–H and O–H groups in total. The lowest BCUT2D eigenvalue weighted by molar-refractivity contribution is -0.143. The zero-order valence-electron chi connectivity index (χ0n) is 11.1. The minimum atomic E-state index is -0.537. The van der Waals surface area contributed by atoms with E-state index in [1.165, 1.54) is 29.2 Å². The number of hydrogen-bond acceptors (Lipinski definition) is 3. The number of amides is 1. The van der Waals surface area contributed by atoms with Gasteiger partial charge in [-0.25, -0.2) is 4.39 Å². The third kappa shape index (κ3) is 4.16. The van der Waals surface area contributed by atoms with E-state index in [2.05, 4.69) is 22.5 Å². The maximum absolute atomic E-state index is 13.4. The fourth-order valence-electron chi connectivity index (χ4n) is 1.58. The van der Waals surface area contributed by atoms with Crippen molar-refractivity contribution in [2.24, 2.45) is 0 Å². The molecule has 0 aliphatic carbocycles. The molecule has 1 aromatic rings.